The SMILES string of the molecule is CCn1ncnc1CNCCCC(N)=O. The predicted molar refractivity (Wildman–Crippen MR) is 55.8 cm³/mol. The van der Waals surface area contributed by atoms with Gasteiger partial charge in [0, 0.05) is 13.0 Å². The second-order valence-electron chi connectivity index (χ2n) is 3.24. The number of amides is 1. The molecule has 0 bridgehead atoms. The van der Waals surface area contributed by atoms with Gasteiger partial charge in [0.2, 0.25) is 5.91 Å². The number of aromatic nitrogens is 3. The van der Waals surface area contributed by atoms with Crippen molar-refractivity contribution in [3.8, 4) is 0 Å². The minimum absolute atomic E-state index is 0.256. The van der Waals surface area contributed by atoms with E-state index in [-0.39, 0.29) is 5.91 Å². The topological polar surface area (TPSA) is 85.8 Å². The number of aryl methyl sites for hydroxylation is 1. The molecule has 0 aromatic carbocycles. The van der Waals surface area contributed by atoms with Crippen molar-refractivity contribution < 1.29 is 4.79 Å². The van der Waals surface area contributed by atoms with E-state index < -0.39 is 0 Å². The summed E-state index contributed by atoms with van der Waals surface area (Å²) in [5.41, 5.74) is 5.02. The first kappa shape index (κ1) is 11.6. The van der Waals surface area contributed by atoms with E-state index in [9.17, 15) is 4.79 Å². The van der Waals surface area contributed by atoms with Crippen LogP contribution in [0, 0.1) is 0 Å². The van der Waals surface area contributed by atoms with Gasteiger partial charge >= 0.3 is 0 Å². The second-order valence-corrected chi connectivity index (χ2v) is 3.24. The van der Waals surface area contributed by atoms with Crippen LogP contribution in [0.5, 0.6) is 0 Å². The van der Waals surface area contributed by atoms with Crippen molar-refractivity contribution in [1.29, 1.82) is 0 Å². The molecule has 0 atom stereocenters. The molecule has 0 aliphatic heterocycles. The Bertz CT molecular complexity index is 309. The number of carbonyl (C=O) groups is 1. The van der Waals surface area contributed by atoms with Gasteiger partial charge in [0.25, 0.3) is 0 Å². The summed E-state index contributed by atoms with van der Waals surface area (Å²) in [5, 5.41) is 7.24. The Balaban J connectivity index is 2.17. The van der Waals surface area contributed by atoms with Crippen molar-refractivity contribution in [3.63, 3.8) is 0 Å². The molecule has 0 radical (unpaired) electrons. The van der Waals surface area contributed by atoms with Crippen LogP contribution < -0.4 is 11.1 Å². The number of nitrogens with zero attached hydrogens (tertiary/aromatic N) is 3. The Kier molecular flexibility index (Phi) is 4.76. The van der Waals surface area contributed by atoms with Crippen molar-refractivity contribution in [3.05, 3.63) is 12.2 Å². The molecule has 1 amide bonds. The number of hydrogen-bond acceptors (Lipinski definition) is 4. The maximum Gasteiger partial charge on any atom is 0.217 e. The van der Waals surface area contributed by atoms with E-state index >= 15 is 0 Å². The average molecular weight is 211 g/mol. The highest BCUT2D eigenvalue weighted by molar-refractivity contribution is 5.73. The Labute approximate surface area is 88.9 Å². The van der Waals surface area contributed by atoms with E-state index in [1.807, 2.05) is 11.6 Å². The molecule has 1 heterocycles. The molecule has 0 aliphatic carbocycles. The molecule has 0 saturated carbocycles. The van der Waals surface area contributed by atoms with Crippen molar-refractivity contribution in [2.75, 3.05) is 6.54 Å². The Morgan fingerprint density at radius 1 is 1.67 bits per heavy atom. The summed E-state index contributed by atoms with van der Waals surface area (Å²) in [6.07, 6.45) is 2.73. The highest BCUT2D eigenvalue weighted by atomic mass is 16.1. The lowest BCUT2D eigenvalue weighted by atomic mass is 10.3. The van der Waals surface area contributed by atoms with E-state index in [1.54, 1.807) is 6.33 Å². The smallest absolute Gasteiger partial charge is 0.217 e. The Morgan fingerprint density at radius 3 is 3.13 bits per heavy atom. The van der Waals surface area contributed by atoms with Gasteiger partial charge in [-0.05, 0) is 19.9 Å². The third-order valence-corrected chi connectivity index (χ3v) is 2.06. The van der Waals surface area contributed by atoms with Crippen molar-refractivity contribution >= 4 is 5.91 Å². The van der Waals surface area contributed by atoms with Crippen molar-refractivity contribution in [2.45, 2.75) is 32.9 Å². The summed E-state index contributed by atoms with van der Waals surface area (Å²) in [6, 6.07) is 0. The standard InChI is InChI=1S/C9H17N5O/c1-2-14-9(12-7-13-14)6-11-5-3-4-8(10)15/h7,11H,2-6H2,1H3,(H2,10,15). The molecule has 1 aromatic rings. The molecule has 0 unspecified atom stereocenters. The van der Waals surface area contributed by atoms with Crippen LogP contribution in [0.4, 0.5) is 0 Å². The molecule has 15 heavy (non-hydrogen) atoms. The van der Waals surface area contributed by atoms with Crippen LogP contribution in [-0.4, -0.2) is 27.2 Å². The number of carbonyl (C=O) groups excluding carboxylic acids is 1. The van der Waals surface area contributed by atoms with Gasteiger partial charge in [-0.25, -0.2) is 9.67 Å². The van der Waals surface area contributed by atoms with E-state index in [4.69, 9.17) is 5.73 Å². The second kappa shape index (κ2) is 6.13. The fourth-order valence-corrected chi connectivity index (χ4v) is 1.28. The first-order valence-corrected chi connectivity index (χ1v) is 5.09. The van der Waals surface area contributed by atoms with Gasteiger partial charge in [-0.3, -0.25) is 4.79 Å². The normalized spacial score (nSPS) is 10.5. The number of nitrogens with two attached hydrogens (primary N) is 1. The maximum atomic E-state index is 10.5. The fourth-order valence-electron chi connectivity index (χ4n) is 1.28. The number of rotatable bonds is 7. The third-order valence-electron chi connectivity index (χ3n) is 2.06. The van der Waals surface area contributed by atoms with E-state index in [0.29, 0.717) is 13.0 Å². The molecule has 0 fully saturated rings. The molecular formula is C9H17N5O. The van der Waals surface area contributed by atoms with Crippen molar-refractivity contribution in [1.82, 2.24) is 20.1 Å². The molecule has 6 heteroatoms. The summed E-state index contributed by atoms with van der Waals surface area (Å²) in [4.78, 5) is 14.6. The first-order valence-electron chi connectivity index (χ1n) is 5.09. The summed E-state index contributed by atoms with van der Waals surface area (Å²) < 4.78 is 1.83. The summed E-state index contributed by atoms with van der Waals surface area (Å²) in [5.74, 6) is 0.658. The van der Waals surface area contributed by atoms with Crippen molar-refractivity contribution in [2.24, 2.45) is 5.73 Å². The first-order chi connectivity index (χ1) is 7.24. The van der Waals surface area contributed by atoms with E-state index in [1.165, 1.54) is 0 Å². The van der Waals surface area contributed by atoms with Gasteiger partial charge in [0.05, 0.1) is 6.54 Å². The third kappa shape index (κ3) is 4.07. The van der Waals surface area contributed by atoms with Crippen LogP contribution in [0.2, 0.25) is 0 Å². The van der Waals surface area contributed by atoms with Crippen LogP contribution in [0.15, 0.2) is 6.33 Å². The molecule has 1 aromatic heterocycles. The van der Waals surface area contributed by atoms with Gasteiger partial charge < -0.3 is 11.1 Å². The lowest BCUT2D eigenvalue weighted by molar-refractivity contribution is -0.118. The molecule has 3 N–H and O–H groups in total. The highest BCUT2D eigenvalue weighted by Crippen LogP contribution is 1.93. The zero-order chi connectivity index (χ0) is 11.1. The molecule has 0 spiro atoms. The quantitative estimate of drug-likeness (QED) is 0.604. The minimum Gasteiger partial charge on any atom is -0.370 e. The van der Waals surface area contributed by atoms with Crippen LogP contribution in [0.25, 0.3) is 0 Å². The monoisotopic (exact) mass is 211 g/mol. The Morgan fingerprint density at radius 2 is 2.47 bits per heavy atom. The van der Waals surface area contributed by atoms with Gasteiger partial charge in [0.15, 0.2) is 0 Å². The number of primary amides is 1. The van der Waals surface area contributed by atoms with Crippen LogP contribution in [-0.2, 0) is 17.9 Å². The summed E-state index contributed by atoms with van der Waals surface area (Å²) >= 11 is 0. The lowest BCUT2D eigenvalue weighted by Gasteiger charge is -2.04. The fraction of sp³-hybridized carbons (Fsp3) is 0.667. The predicted octanol–water partition coefficient (Wildman–Crippen LogP) is -0.347. The average Bonchev–Trinajstić information content (AvgIpc) is 2.64. The van der Waals surface area contributed by atoms with Gasteiger partial charge in [-0.1, -0.05) is 0 Å². The summed E-state index contributed by atoms with van der Waals surface area (Å²) in [6.45, 7) is 4.27. The molecule has 1 rings (SSSR count). The summed E-state index contributed by atoms with van der Waals surface area (Å²) in [7, 11) is 0. The number of nitrogens with one attached hydrogen (secondary N) is 1. The van der Waals surface area contributed by atoms with Crippen LogP contribution in [0.3, 0.4) is 0 Å². The largest absolute Gasteiger partial charge is 0.370 e. The lowest BCUT2D eigenvalue weighted by Crippen LogP contribution is -2.20. The molecule has 84 valence electrons. The Hall–Kier alpha value is -1.43. The molecule has 0 aliphatic rings. The number of hydrogen-bond donors (Lipinski definition) is 2. The zero-order valence-electron chi connectivity index (χ0n) is 8.94. The van der Waals surface area contributed by atoms with Gasteiger partial charge in [-0.15, -0.1) is 0 Å². The maximum absolute atomic E-state index is 10.5. The van der Waals surface area contributed by atoms with Crippen LogP contribution in [0.1, 0.15) is 25.6 Å². The van der Waals surface area contributed by atoms with Crippen LogP contribution >= 0.6 is 0 Å². The van der Waals surface area contributed by atoms with E-state index in [0.717, 1.165) is 25.3 Å². The zero-order valence-corrected chi connectivity index (χ0v) is 8.94. The molecule has 6 nitrogen and oxygen atoms in total. The van der Waals surface area contributed by atoms with Gasteiger partial charge in [0.1, 0.15) is 12.2 Å². The van der Waals surface area contributed by atoms with E-state index in [2.05, 4.69) is 15.4 Å². The highest BCUT2D eigenvalue weighted by Gasteiger charge is 2.01. The molecular weight excluding hydrogens is 194 g/mol. The minimum atomic E-state index is -0.256. The molecule has 0 saturated heterocycles. The van der Waals surface area contributed by atoms with Gasteiger partial charge in [-0.2, -0.15) is 5.10 Å².